The monoisotopic (exact) mass is 345 g/mol. The summed E-state index contributed by atoms with van der Waals surface area (Å²) in [5, 5.41) is 3.46. The van der Waals surface area contributed by atoms with Gasteiger partial charge in [0.25, 0.3) is 0 Å². The molecular weight excluding hydrogens is 335 g/mol. The standard InChI is InChI=1S/C15H11Cl2F2NO2/c16-10-3-6-13(12(17)8-10)20-14(21)7-9-1-4-11(5-2-9)22-15(18)19/h1-6,8,15H,7H2,(H,20,21). The Labute approximate surface area is 135 Å². The maximum atomic E-state index is 12.0. The molecule has 0 bridgehead atoms. The highest BCUT2D eigenvalue weighted by atomic mass is 35.5. The zero-order chi connectivity index (χ0) is 16.1. The van der Waals surface area contributed by atoms with Crippen LogP contribution in [0, 0.1) is 0 Å². The first-order valence-electron chi connectivity index (χ1n) is 6.22. The third kappa shape index (κ3) is 4.86. The Kier molecular flexibility index (Phi) is 5.57. The van der Waals surface area contributed by atoms with Crippen LogP contribution >= 0.6 is 23.2 Å². The fraction of sp³-hybridized carbons (Fsp3) is 0.133. The van der Waals surface area contributed by atoms with Crippen molar-refractivity contribution in [3.05, 3.63) is 58.1 Å². The minimum atomic E-state index is -2.87. The highest BCUT2D eigenvalue weighted by Gasteiger charge is 2.08. The molecule has 0 atom stereocenters. The van der Waals surface area contributed by atoms with Gasteiger partial charge in [-0.25, -0.2) is 0 Å². The fourth-order valence-electron chi connectivity index (χ4n) is 1.76. The molecule has 22 heavy (non-hydrogen) atoms. The summed E-state index contributed by atoms with van der Waals surface area (Å²) >= 11 is 11.7. The fourth-order valence-corrected chi connectivity index (χ4v) is 2.22. The van der Waals surface area contributed by atoms with Crippen molar-refractivity contribution in [3.63, 3.8) is 0 Å². The first-order valence-corrected chi connectivity index (χ1v) is 6.98. The molecule has 0 aliphatic rings. The zero-order valence-corrected chi connectivity index (χ0v) is 12.7. The van der Waals surface area contributed by atoms with Crippen LogP contribution in [0.5, 0.6) is 5.75 Å². The number of nitrogens with one attached hydrogen (secondary N) is 1. The molecule has 1 amide bonds. The van der Waals surface area contributed by atoms with Gasteiger partial charge in [0.15, 0.2) is 0 Å². The van der Waals surface area contributed by atoms with Gasteiger partial charge in [0.2, 0.25) is 5.91 Å². The third-order valence-electron chi connectivity index (χ3n) is 2.72. The van der Waals surface area contributed by atoms with Crippen molar-refractivity contribution in [3.8, 4) is 5.75 Å². The van der Waals surface area contributed by atoms with Gasteiger partial charge in [0, 0.05) is 5.02 Å². The predicted molar refractivity (Wildman–Crippen MR) is 81.9 cm³/mol. The maximum Gasteiger partial charge on any atom is 0.387 e. The van der Waals surface area contributed by atoms with Crippen molar-refractivity contribution in [1.82, 2.24) is 0 Å². The van der Waals surface area contributed by atoms with E-state index in [1.165, 1.54) is 18.2 Å². The summed E-state index contributed by atoms with van der Waals surface area (Å²) in [6, 6.07) is 10.6. The summed E-state index contributed by atoms with van der Waals surface area (Å²) in [7, 11) is 0. The van der Waals surface area contributed by atoms with Crippen LogP contribution in [-0.4, -0.2) is 12.5 Å². The van der Waals surface area contributed by atoms with Crippen LogP contribution in [0.1, 0.15) is 5.56 Å². The van der Waals surface area contributed by atoms with E-state index in [1.807, 2.05) is 0 Å². The first-order chi connectivity index (χ1) is 10.4. The number of carbonyl (C=O) groups excluding carboxylic acids is 1. The smallest absolute Gasteiger partial charge is 0.387 e. The van der Waals surface area contributed by atoms with E-state index in [9.17, 15) is 13.6 Å². The number of alkyl halides is 2. The average Bonchev–Trinajstić information content (AvgIpc) is 2.43. The molecule has 0 radical (unpaired) electrons. The van der Waals surface area contributed by atoms with Crippen molar-refractivity contribution in [1.29, 1.82) is 0 Å². The SMILES string of the molecule is O=C(Cc1ccc(OC(F)F)cc1)Nc1ccc(Cl)cc1Cl. The maximum absolute atomic E-state index is 12.0. The Bertz CT molecular complexity index is 663. The van der Waals surface area contributed by atoms with Crippen LogP contribution in [0.4, 0.5) is 14.5 Å². The molecule has 0 saturated carbocycles. The van der Waals surface area contributed by atoms with Crippen molar-refractivity contribution in [2.75, 3.05) is 5.32 Å². The topological polar surface area (TPSA) is 38.3 Å². The minimum Gasteiger partial charge on any atom is -0.435 e. The van der Waals surface area contributed by atoms with E-state index in [2.05, 4.69) is 10.1 Å². The van der Waals surface area contributed by atoms with Crippen LogP contribution in [0.3, 0.4) is 0 Å². The Morgan fingerprint density at radius 1 is 1.14 bits per heavy atom. The summed E-state index contributed by atoms with van der Waals surface area (Å²) in [5.41, 5.74) is 1.11. The lowest BCUT2D eigenvalue weighted by Gasteiger charge is -2.08. The van der Waals surface area contributed by atoms with E-state index in [4.69, 9.17) is 23.2 Å². The van der Waals surface area contributed by atoms with E-state index in [-0.39, 0.29) is 18.1 Å². The molecule has 7 heteroatoms. The van der Waals surface area contributed by atoms with E-state index in [0.717, 1.165) is 0 Å². The largest absolute Gasteiger partial charge is 0.435 e. The second-order valence-electron chi connectivity index (χ2n) is 4.37. The van der Waals surface area contributed by atoms with Crippen LogP contribution in [0.25, 0.3) is 0 Å². The molecule has 2 aromatic carbocycles. The predicted octanol–water partition coefficient (Wildman–Crippen LogP) is 4.78. The number of hydrogen-bond acceptors (Lipinski definition) is 2. The molecule has 116 valence electrons. The summed E-state index contributed by atoms with van der Waals surface area (Å²) in [6.45, 7) is -2.87. The molecule has 0 aliphatic heterocycles. The lowest BCUT2D eigenvalue weighted by Crippen LogP contribution is -2.14. The van der Waals surface area contributed by atoms with Crippen LogP contribution in [0.15, 0.2) is 42.5 Å². The number of hydrogen-bond donors (Lipinski definition) is 1. The van der Waals surface area contributed by atoms with E-state index >= 15 is 0 Å². The molecule has 1 N–H and O–H groups in total. The van der Waals surface area contributed by atoms with E-state index < -0.39 is 6.61 Å². The van der Waals surface area contributed by atoms with Gasteiger partial charge in [-0.15, -0.1) is 0 Å². The first kappa shape index (κ1) is 16.5. The van der Waals surface area contributed by atoms with Crippen LogP contribution < -0.4 is 10.1 Å². The summed E-state index contributed by atoms with van der Waals surface area (Å²) in [6.07, 6.45) is 0.0773. The molecule has 2 aromatic rings. The van der Waals surface area contributed by atoms with Gasteiger partial charge in [-0.05, 0) is 35.9 Å². The number of amides is 1. The second kappa shape index (κ2) is 7.42. The van der Waals surface area contributed by atoms with Gasteiger partial charge in [0.1, 0.15) is 5.75 Å². The van der Waals surface area contributed by atoms with Gasteiger partial charge < -0.3 is 10.1 Å². The van der Waals surface area contributed by atoms with Gasteiger partial charge in [-0.2, -0.15) is 8.78 Å². The normalized spacial score (nSPS) is 10.6. The summed E-state index contributed by atoms with van der Waals surface area (Å²) in [4.78, 5) is 11.9. The number of rotatable bonds is 5. The van der Waals surface area contributed by atoms with E-state index in [0.29, 0.717) is 21.3 Å². The second-order valence-corrected chi connectivity index (χ2v) is 5.22. The molecule has 3 nitrogen and oxygen atoms in total. The number of halogens is 4. The minimum absolute atomic E-state index is 0.0416. The number of ether oxygens (including phenoxy) is 1. The van der Waals surface area contributed by atoms with Crippen LogP contribution in [-0.2, 0) is 11.2 Å². The van der Waals surface area contributed by atoms with Gasteiger partial charge >= 0.3 is 6.61 Å². The van der Waals surface area contributed by atoms with E-state index in [1.54, 1.807) is 24.3 Å². The average molecular weight is 346 g/mol. The molecule has 0 fully saturated rings. The highest BCUT2D eigenvalue weighted by Crippen LogP contribution is 2.25. The number of anilines is 1. The van der Waals surface area contributed by atoms with Gasteiger partial charge in [-0.1, -0.05) is 35.3 Å². The lowest BCUT2D eigenvalue weighted by molar-refractivity contribution is -0.115. The van der Waals surface area contributed by atoms with Gasteiger partial charge in [-0.3, -0.25) is 4.79 Å². The molecule has 0 heterocycles. The van der Waals surface area contributed by atoms with Crippen molar-refractivity contribution in [2.24, 2.45) is 0 Å². The Morgan fingerprint density at radius 3 is 2.41 bits per heavy atom. The molecule has 2 rings (SSSR count). The molecular formula is C15H11Cl2F2NO2. The highest BCUT2D eigenvalue weighted by molar-refractivity contribution is 6.36. The van der Waals surface area contributed by atoms with Crippen molar-refractivity contribution in [2.45, 2.75) is 13.0 Å². The van der Waals surface area contributed by atoms with Crippen LogP contribution in [0.2, 0.25) is 10.0 Å². The van der Waals surface area contributed by atoms with Crippen molar-refractivity contribution >= 4 is 34.8 Å². The van der Waals surface area contributed by atoms with Gasteiger partial charge in [0.05, 0.1) is 17.1 Å². The Morgan fingerprint density at radius 2 is 1.82 bits per heavy atom. The molecule has 0 spiro atoms. The summed E-state index contributed by atoms with van der Waals surface area (Å²) < 4.78 is 28.3. The molecule has 0 unspecified atom stereocenters. The zero-order valence-electron chi connectivity index (χ0n) is 11.2. The Hall–Kier alpha value is -1.85. The number of benzene rings is 2. The quantitative estimate of drug-likeness (QED) is 0.847. The summed E-state index contributed by atoms with van der Waals surface area (Å²) in [5.74, 6) is -0.244. The van der Waals surface area contributed by atoms with Crippen molar-refractivity contribution < 1.29 is 18.3 Å². The third-order valence-corrected chi connectivity index (χ3v) is 3.27. The number of carbonyl (C=O) groups is 1. The molecule has 0 aliphatic carbocycles. The lowest BCUT2D eigenvalue weighted by atomic mass is 10.1. The molecule has 0 aromatic heterocycles. The molecule has 0 saturated heterocycles. The Balaban J connectivity index is 1.97.